The molecule has 1 aromatic heterocycles. The average molecular weight is 326 g/mol. The fraction of sp³-hybridized carbons (Fsp3) is 0.0588. The molecule has 1 amide bonds. The van der Waals surface area contributed by atoms with Crippen LogP contribution in [0.5, 0.6) is 5.75 Å². The van der Waals surface area contributed by atoms with Crippen molar-refractivity contribution in [3.05, 3.63) is 66.0 Å². The topological polar surface area (TPSA) is 66.0 Å². The number of furan rings is 1. The molecule has 0 spiro atoms. The van der Waals surface area contributed by atoms with Crippen LogP contribution in [0.15, 0.2) is 69.6 Å². The molecule has 6 heteroatoms. The molecule has 3 rings (SSSR count). The molecule has 1 saturated heterocycles. The molecule has 0 aliphatic carbocycles. The number of thioether (sulfide) groups is 1. The van der Waals surface area contributed by atoms with Crippen LogP contribution in [0.25, 0.3) is 6.08 Å². The molecule has 2 aromatic rings. The minimum Gasteiger partial charge on any atom is -0.508 e. The number of phenolic OH excluding ortho intramolecular Hbond substituents is 1. The number of carbonyl (C=O) groups is 1. The third-order valence-electron chi connectivity index (χ3n) is 3.09. The van der Waals surface area contributed by atoms with Crippen molar-refractivity contribution in [2.75, 3.05) is 6.54 Å². The lowest BCUT2D eigenvalue weighted by atomic mass is 10.3. The zero-order chi connectivity index (χ0) is 16.2. The number of hydrogen-bond acceptors (Lipinski definition) is 5. The van der Waals surface area contributed by atoms with E-state index in [1.165, 1.54) is 11.8 Å². The Hall–Kier alpha value is -2.73. The van der Waals surface area contributed by atoms with E-state index in [1.54, 1.807) is 59.7 Å². The van der Waals surface area contributed by atoms with Gasteiger partial charge in [-0.3, -0.25) is 9.69 Å². The van der Waals surface area contributed by atoms with Gasteiger partial charge in [0.05, 0.1) is 16.9 Å². The summed E-state index contributed by atoms with van der Waals surface area (Å²) in [5, 5.41) is 9.90. The summed E-state index contributed by atoms with van der Waals surface area (Å²) in [4.78, 5) is 19.1. The molecular formula is C17H14N2O3S. The highest BCUT2D eigenvalue weighted by Gasteiger charge is 2.32. The molecule has 1 aromatic carbocycles. The van der Waals surface area contributed by atoms with Crippen LogP contribution in [0, 0.1) is 0 Å². The van der Waals surface area contributed by atoms with Gasteiger partial charge in [0.15, 0.2) is 5.17 Å². The van der Waals surface area contributed by atoms with Crippen LogP contribution in [0.2, 0.25) is 0 Å². The zero-order valence-electron chi connectivity index (χ0n) is 12.2. The minimum atomic E-state index is -0.135. The van der Waals surface area contributed by atoms with E-state index in [1.807, 2.05) is 0 Å². The summed E-state index contributed by atoms with van der Waals surface area (Å²) < 4.78 is 5.26. The molecule has 0 saturated carbocycles. The van der Waals surface area contributed by atoms with Gasteiger partial charge in [-0.2, -0.15) is 0 Å². The lowest BCUT2D eigenvalue weighted by molar-refractivity contribution is -0.121. The quantitative estimate of drug-likeness (QED) is 0.686. The van der Waals surface area contributed by atoms with Crippen molar-refractivity contribution in [3.63, 3.8) is 0 Å². The van der Waals surface area contributed by atoms with E-state index < -0.39 is 0 Å². The fourth-order valence-electron chi connectivity index (χ4n) is 2.02. The smallest absolute Gasteiger partial charge is 0.267 e. The maximum Gasteiger partial charge on any atom is 0.267 e. The van der Waals surface area contributed by atoms with E-state index in [-0.39, 0.29) is 11.7 Å². The van der Waals surface area contributed by atoms with E-state index in [2.05, 4.69) is 11.6 Å². The van der Waals surface area contributed by atoms with Crippen LogP contribution in [0.3, 0.4) is 0 Å². The second-order valence-electron chi connectivity index (χ2n) is 4.74. The van der Waals surface area contributed by atoms with Gasteiger partial charge in [0.25, 0.3) is 5.91 Å². The van der Waals surface area contributed by atoms with E-state index in [0.29, 0.717) is 28.1 Å². The Morgan fingerprint density at radius 3 is 2.74 bits per heavy atom. The predicted molar refractivity (Wildman–Crippen MR) is 91.4 cm³/mol. The van der Waals surface area contributed by atoms with Crippen molar-refractivity contribution in [2.45, 2.75) is 0 Å². The lowest BCUT2D eigenvalue weighted by Gasteiger charge is -2.12. The number of nitrogens with zero attached hydrogens (tertiary/aromatic N) is 2. The summed E-state index contributed by atoms with van der Waals surface area (Å²) >= 11 is 1.28. The average Bonchev–Trinajstić information content (AvgIpc) is 3.14. The van der Waals surface area contributed by atoms with Gasteiger partial charge in [-0.25, -0.2) is 4.99 Å². The van der Waals surface area contributed by atoms with Gasteiger partial charge in [-0.05, 0) is 48.2 Å². The Labute approximate surface area is 137 Å². The Morgan fingerprint density at radius 2 is 2.09 bits per heavy atom. The van der Waals surface area contributed by atoms with Crippen molar-refractivity contribution < 1.29 is 14.3 Å². The van der Waals surface area contributed by atoms with Crippen LogP contribution in [-0.2, 0) is 4.79 Å². The molecule has 0 bridgehead atoms. The number of phenols is 1. The predicted octanol–water partition coefficient (Wildman–Crippen LogP) is 3.78. The molecule has 23 heavy (non-hydrogen) atoms. The van der Waals surface area contributed by atoms with Gasteiger partial charge in [-0.1, -0.05) is 6.08 Å². The highest BCUT2D eigenvalue weighted by atomic mass is 32.2. The standard InChI is InChI=1S/C17H14N2O3S/c1-2-9-19-16(21)15(11-14-4-3-10-22-14)23-17(19)18-12-5-7-13(20)8-6-12/h2-8,10-11,20H,1,9H2. The lowest BCUT2D eigenvalue weighted by Crippen LogP contribution is -2.29. The Kier molecular flexibility index (Phi) is 4.34. The maximum atomic E-state index is 12.5. The second kappa shape index (κ2) is 6.58. The number of hydrogen-bond donors (Lipinski definition) is 1. The molecule has 5 nitrogen and oxygen atoms in total. The molecule has 0 radical (unpaired) electrons. The van der Waals surface area contributed by atoms with Crippen LogP contribution in [-0.4, -0.2) is 27.6 Å². The van der Waals surface area contributed by atoms with Crippen molar-refractivity contribution in [3.8, 4) is 5.75 Å². The summed E-state index contributed by atoms with van der Waals surface area (Å²) in [5.41, 5.74) is 0.659. The first-order chi connectivity index (χ1) is 11.2. The molecule has 0 atom stereocenters. The number of aliphatic imine (C=N–C) groups is 1. The summed E-state index contributed by atoms with van der Waals surface area (Å²) in [5.74, 6) is 0.652. The summed E-state index contributed by atoms with van der Waals surface area (Å²) in [7, 11) is 0. The number of rotatable bonds is 4. The largest absolute Gasteiger partial charge is 0.508 e. The Balaban J connectivity index is 1.93. The first kappa shape index (κ1) is 15.2. The van der Waals surface area contributed by atoms with E-state index in [9.17, 15) is 9.90 Å². The number of benzene rings is 1. The van der Waals surface area contributed by atoms with Gasteiger partial charge in [0.1, 0.15) is 11.5 Å². The van der Waals surface area contributed by atoms with Crippen molar-refractivity contribution in [1.82, 2.24) is 4.90 Å². The third kappa shape index (κ3) is 3.37. The zero-order valence-corrected chi connectivity index (χ0v) is 13.0. The number of carbonyl (C=O) groups excluding carboxylic acids is 1. The van der Waals surface area contributed by atoms with Gasteiger partial charge in [0.2, 0.25) is 0 Å². The summed E-state index contributed by atoms with van der Waals surface area (Å²) in [6.07, 6.45) is 4.91. The first-order valence-electron chi connectivity index (χ1n) is 6.91. The minimum absolute atomic E-state index is 0.135. The molecule has 116 valence electrons. The normalized spacial score (nSPS) is 18.1. The Morgan fingerprint density at radius 1 is 1.30 bits per heavy atom. The molecule has 2 heterocycles. The molecule has 1 fully saturated rings. The maximum absolute atomic E-state index is 12.5. The van der Waals surface area contributed by atoms with Crippen LogP contribution >= 0.6 is 11.8 Å². The van der Waals surface area contributed by atoms with Gasteiger partial charge < -0.3 is 9.52 Å². The van der Waals surface area contributed by atoms with Crippen LogP contribution < -0.4 is 0 Å². The number of aromatic hydroxyl groups is 1. The highest BCUT2D eigenvalue weighted by molar-refractivity contribution is 8.18. The SMILES string of the molecule is C=CCN1C(=O)C(=Cc2ccco2)SC1=Nc1ccc(O)cc1. The summed E-state index contributed by atoms with van der Waals surface area (Å²) in [6.45, 7) is 4.06. The van der Waals surface area contributed by atoms with Crippen molar-refractivity contribution in [2.24, 2.45) is 4.99 Å². The van der Waals surface area contributed by atoms with Crippen LogP contribution in [0.1, 0.15) is 5.76 Å². The number of amidine groups is 1. The van der Waals surface area contributed by atoms with Gasteiger partial charge >= 0.3 is 0 Å². The molecular weight excluding hydrogens is 312 g/mol. The third-order valence-corrected chi connectivity index (χ3v) is 4.10. The van der Waals surface area contributed by atoms with Crippen molar-refractivity contribution >= 4 is 34.6 Å². The molecule has 1 aliphatic rings. The Bertz CT molecular complexity index is 777. The summed E-state index contributed by atoms with van der Waals surface area (Å²) in [6, 6.07) is 10.0. The van der Waals surface area contributed by atoms with Gasteiger partial charge in [-0.15, -0.1) is 6.58 Å². The molecule has 1 aliphatic heterocycles. The van der Waals surface area contributed by atoms with E-state index in [0.717, 1.165) is 0 Å². The molecule has 1 N–H and O–H groups in total. The molecule has 0 unspecified atom stereocenters. The van der Waals surface area contributed by atoms with Crippen LogP contribution in [0.4, 0.5) is 5.69 Å². The van der Waals surface area contributed by atoms with Crippen molar-refractivity contribution in [1.29, 1.82) is 0 Å². The second-order valence-corrected chi connectivity index (χ2v) is 5.75. The highest BCUT2D eigenvalue weighted by Crippen LogP contribution is 2.34. The van der Waals surface area contributed by atoms with E-state index >= 15 is 0 Å². The fourth-order valence-corrected chi connectivity index (χ4v) is 3.01. The number of amides is 1. The van der Waals surface area contributed by atoms with E-state index in [4.69, 9.17) is 4.42 Å². The van der Waals surface area contributed by atoms with Gasteiger partial charge in [0, 0.05) is 12.6 Å². The monoisotopic (exact) mass is 326 g/mol. The first-order valence-corrected chi connectivity index (χ1v) is 7.72.